The number of amides is 2. The second kappa shape index (κ2) is 4.27. The van der Waals surface area contributed by atoms with E-state index in [1.807, 2.05) is 6.92 Å². The average Bonchev–Trinajstić information content (AvgIpc) is 2.31. The molecule has 6 nitrogen and oxygen atoms in total. The zero-order valence-corrected chi connectivity index (χ0v) is 10.4. The van der Waals surface area contributed by atoms with Gasteiger partial charge >= 0.3 is 11.8 Å². The summed E-state index contributed by atoms with van der Waals surface area (Å²) in [6.07, 6.45) is 3.68. The van der Waals surface area contributed by atoms with Crippen LogP contribution in [0.4, 0.5) is 0 Å². The number of carbonyl (C=O) groups excluding carboxylic acids is 2. The van der Waals surface area contributed by atoms with Crippen LogP contribution in [0.25, 0.3) is 0 Å². The highest BCUT2D eigenvalue weighted by molar-refractivity contribution is 6.35. The standard InChI is InChI=1S/C11H18N2O4/c1-11-7-5-4-6-8(11)12(16-2)9(14)10(15)13(11)17-3/h8H,4-7H2,1-3H3/t8-,11-/m0/s1. The Morgan fingerprint density at radius 3 is 2.47 bits per heavy atom. The molecule has 2 amide bonds. The molecule has 2 fully saturated rings. The molecule has 6 heteroatoms. The first kappa shape index (κ1) is 12.3. The quantitative estimate of drug-likeness (QED) is 0.661. The molecule has 2 aliphatic rings. The van der Waals surface area contributed by atoms with Gasteiger partial charge in [0.25, 0.3) is 0 Å². The molecule has 0 N–H and O–H groups in total. The van der Waals surface area contributed by atoms with Gasteiger partial charge in [-0.05, 0) is 19.8 Å². The first-order chi connectivity index (χ1) is 8.06. The van der Waals surface area contributed by atoms with Crippen molar-refractivity contribution < 1.29 is 19.3 Å². The van der Waals surface area contributed by atoms with E-state index in [4.69, 9.17) is 9.68 Å². The predicted molar refractivity (Wildman–Crippen MR) is 58.4 cm³/mol. The lowest BCUT2D eigenvalue weighted by Crippen LogP contribution is -2.71. The maximum atomic E-state index is 11.9. The zero-order chi connectivity index (χ0) is 12.6. The summed E-state index contributed by atoms with van der Waals surface area (Å²) in [5.74, 6) is -1.31. The topological polar surface area (TPSA) is 59.1 Å². The first-order valence-electron chi connectivity index (χ1n) is 5.82. The lowest BCUT2D eigenvalue weighted by molar-refractivity contribution is -0.274. The van der Waals surface area contributed by atoms with E-state index in [1.54, 1.807) is 0 Å². The third kappa shape index (κ3) is 1.63. The summed E-state index contributed by atoms with van der Waals surface area (Å²) >= 11 is 0. The van der Waals surface area contributed by atoms with Crippen LogP contribution >= 0.6 is 0 Å². The fourth-order valence-electron chi connectivity index (χ4n) is 2.96. The van der Waals surface area contributed by atoms with Gasteiger partial charge in [0.1, 0.15) is 0 Å². The van der Waals surface area contributed by atoms with Crippen molar-refractivity contribution in [1.29, 1.82) is 0 Å². The molecule has 96 valence electrons. The van der Waals surface area contributed by atoms with E-state index in [-0.39, 0.29) is 6.04 Å². The van der Waals surface area contributed by atoms with E-state index in [1.165, 1.54) is 24.3 Å². The van der Waals surface area contributed by atoms with Crippen LogP contribution in [0, 0.1) is 0 Å². The van der Waals surface area contributed by atoms with E-state index in [2.05, 4.69) is 0 Å². The summed E-state index contributed by atoms with van der Waals surface area (Å²) in [7, 11) is 2.84. The molecule has 2 atom stereocenters. The number of fused-ring (bicyclic) bond motifs is 1. The van der Waals surface area contributed by atoms with Crippen molar-refractivity contribution in [3.05, 3.63) is 0 Å². The van der Waals surface area contributed by atoms with Gasteiger partial charge < -0.3 is 0 Å². The van der Waals surface area contributed by atoms with Crippen LogP contribution in [0.5, 0.6) is 0 Å². The van der Waals surface area contributed by atoms with Gasteiger partial charge in [0.15, 0.2) is 0 Å². The molecule has 2 rings (SSSR count). The van der Waals surface area contributed by atoms with E-state index < -0.39 is 17.4 Å². The Hall–Kier alpha value is -1.14. The van der Waals surface area contributed by atoms with Gasteiger partial charge in [-0.1, -0.05) is 12.8 Å². The fourth-order valence-corrected chi connectivity index (χ4v) is 2.96. The molecule has 1 saturated heterocycles. The minimum absolute atomic E-state index is 0.133. The molecule has 0 aromatic carbocycles. The Morgan fingerprint density at radius 2 is 1.88 bits per heavy atom. The molecule has 1 aliphatic carbocycles. The van der Waals surface area contributed by atoms with Crippen molar-refractivity contribution in [3.8, 4) is 0 Å². The van der Waals surface area contributed by atoms with E-state index in [0.29, 0.717) is 0 Å². The van der Waals surface area contributed by atoms with Gasteiger partial charge in [-0.15, -0.1) is 0 Å². The maximum absolute atomic E-state index is 11.9. The van der Waals surface area contributed by atoms with Gasteiger partial charge in [-0.25, -0.2) is 10.1 Å². The smallest absolute Gasteiger partial charge is 0.273 e. The van der Waals surface area contributed by atoms with E-state index in [0.717, 1.165) is 25.7 Å². The molecule has 0 aromatic heterocycles. The van der Waals surface area contributed by atoms with Crippen LogP contribution in [-0.4, -0.2) is 47.7 Å². The van der Waals surface area contributed by atoms with Crippen LogP contribution in [0.2, 0.25) is 0 Å². The second-order valence-electron chi connectivity index (χ2n) is 4.71. The Bertz CT molecular complexity index is 346. The molecule has 17 heavy (non-hydrogen) atoms. The van der Waals surface area contributed by atoms with Gasteiger partial charge in [0, 0.05) is 0 Å². The summed E-state index contributed by atoms with van der Waals surface area (Å²) in [4.78, 5) is 34.0. The third-order valence-electron chi connectivity index (χ3n) is 3.82. The summed E-state index contributed by atoms with van der Waals surface area (Å²) in [6, 6.07) is -0.133. The Balaban J connectivity index is 2.40. The van der Waals surface area contributed by atoms with Crippen LogP contribution in [0.1, 0.15) is 32.6 Å². The van der Waals surface area contributed by atoms with Crippen LogP contribution < -0.4 is 0 Å². The van der Waals surface area contributed by atoms with Crippen molar-refractivity contribution in [1.82, 2.24) is 10.1 Å². The SMILES string of the molecule is CON1C(=O)C(=O)N(OC)[C@@]2(C)CCCC[C@H]12. The third-order valence-corrected chi connectivity index (χ3v) is 3.82. The largest absolute Gasteiger partial charge is 0.338 e. The Labute approximate surface area is 100 Å². The molecule has 1 aliphatic heterocycles. The Morgan fingerprint density at radius 1 is 1.18 bits per heavy atom. The van der Waals surface area contributed by atoms with E-state index >= 15 is 0 Å². The number of carbonyl (C=O) groups is 2. The van der Waals surface area contributed by atoms with Gasteiger partial charge in [-0.3, -0.25) is 19.3 Å². The van der Waals surface area contributed by atoms with Gasteiger partial charge in [0.2, 0.25) is 0 Å². The van der Waals surface area contributed by atoms with Crippen molar-refractivity contribution >= 4 is 11.8 Å². The molecule has 0 aromatic rings. The minimum Gasteiger partial charge on any atom is -0.273 e. The van der Waals surface area contributed by atoms with Crippen molar-refractivity contribution in [2.24, 2.45) is 0 Å². The summed E-state index contributed by atoms with van der Waals surface area (Å²) in [5, 5.41) is 2.42. The van der Waals surface area contributed by atoms with Crippen LogP contribution in [0.15, 0.2) is 0 Å². The average molecular weight is 242 g/mol. The summed E-state index contributed by atoms with van der Waals surface area (Å²) < 4.78 is 0. The van der Waals surface area contributed by atoms with Crippen LogP contribution in [0.3, 0.4) is 0 Å². The first-order valence-corrected chi connectivity index (χ1v) is 5.82. The lowest BCUT2D eigenvalue weighted by atomic mass is 9.76. The minimum atomic E-state index is -0.657. The zero-order valence-electron chi connectivity index (χ0n) is 10.4. The molecule has 0 radical (unpaired) electrons. The molecule has 0 bridgehead atoms. The summed E-state index contributed by atoms with van der Waals surface area (Å²) in [6.45, 7) is 1.94. The number of piperazine rings is 1. The molecule has 1 heterocycles. The maximum Gasteiger partial charge on any atom is 0.338 e. The van der Waals surface area contributed by atoms with Crippen molar-refractivity contribution in [2.75, 3.05) is 14.2 Å². The highest BCUT2D eigenvalue weighted by atomic mass is 16.7. The Kier molecular flexibility index (Phi) is 3.09. The molecule has 0 unspecified atom stereocenters. The number of hydroxylamine groups is 4. The number of rotatable bonds is 2. The second-order valence-corrected chi connectivity index (χ2v) is 4.71. The predicted octanol–water partition coefficient (Wildman–Crippen LogP) is 0.481. The van der Waals surface area contributed by atoms with Crippen molar-refractivity contribution in [3.63, 3.8) is 0 Å². The summed E-state index contributed by atoms with van der Waals surface area (Å²) in [5.41, 5.74) is -0.492. The van der Waals surface area contributed by atoms with Crippen molar-refractivity contribution in [2.45, 2.75) is 44.2 Å². The highest BCUT2D eigenvalue weighted by Crippen LogP contribution is 2.39. The van der Waals surface area contributed by atoms with Crippen LogP contribution in [-0.2, 0) is 19.3 Å². The molecular weight excluding hydrogens is 224 g/mol. The molecule has 1 saturated carbocycles. The lowest BCUT2D eigenvalue weighted by Gasteiger charge is -2.53. The monoisotopic (exact) mass is 242 g/mol. The number of hydrogen-bond acceptors (Lipinski definition) is 4. The fraction of sp³-hybridized carbons (Fsp3) is 0.818. The number of nitrogens with zero attached hydrogens (tertiary/aromatic N) is 2. The normalized spacial score (nSPS) is 33.9. The number of hydrogen-bond donors (Lipinski definition) is 0. The van der Waals surface area contributed by atoms with Gasteiger partial charge in [0.05, 0.1) is 25.8 Å². The van der Waals surface area contributed by atoms with E-state index in [9.17, 15) is 9.59 Å². The molecule has 0 spiro atoms. The highest BCUT2D eigenvalue weighted by Gasteiger charge is 2.55. The molecular formula is C11H18N2O4. The van der Waals surface area contributed by atoms with Gasteiger partial charge in [-0.2, -0.15) is 0 Å².